The van der Waals surface area contributed by atoms with E-state index in [0.717, 1.165) is 23.4 Å². The summed E-state index contributed by atoms with van der Waals surface area (Å²) in [5.41, 5.74) is 1.06. The van der Waals surface area contributed by atoms with E-state index in [1.807, 2.05) is 18.2 Å². The third kappa shape index (κ3) is 1.33. The van der Waals surface area contributed by atoms with Crippen molar-refractivity contribution in [1.82, 2.24) is 0 Å². The summed E-state index contributed by atoms with van der Waals surface area (Å²) in [7, 11) is 1.64. The molecule has 3 heteroatoms. The fraction of sp³-hybridized carbons (Fsp3) is 0.300. The van der Waals surface area contributed by atoms with E-state index >= 15 is 0 Å². The molecule has 0 radical (unpaired) electrons. The molecule has 1 aromatic carbocycles. The van der Waals surface area contributed by atoms with Crippen LogP contribution in [-0.2, 0) is 4.79 Å². The molecular weight excluding hydrogens is 184 g/mol. The number of benzene rings is 1. The summed E-state index contributed by atoms with van der Waals surface area (Å²) >= 11 is 1.72. The molecule has 1 aliphatic rings. The molecule has 13 heavy (non-hydrogen) atoms. The topological polar surface area (TPSA) is 26.3 Å². The number of ether oxygens (including phenoxy) is 1. The largest absolute Gasteiger partial charge is 0.496 e. The van der Waals surface area contributed by atoms with Crippen molar-refractivity contribution in [2.24, 2.45) is 0 Å². The number of thioether (sulfide) groups is 1. The molecule has 2 rings (SSSR count). The lowest BCUT2D eigenvalue weighted by Gasteiger charge is -2.08. The lowest BCUT2D eigenvalue weighted by molar-refractivity contribution is -0.108. The molecule has 1 aliphatic heterocycles. The van der Waals surface area contributed by atoms with Crippen LogP contribution in [0, 0.1) is 0 Å². The van der Waals surface area contributed by atoms with Gasteiger partial charge in [0.1, 0.15) is 12.0 Å². The average Bonchev–Trinajstić information content (AvgIpc) is 2.60. The zero-order valence-electron chi connectivity index (χ0n) is 7.32. The van der Waals surface area contributed by atoms with Crippen LogP contribution in [-0.4, -0.2) is 19.1 Å². The Kier molecular flexibility index (Phi) is 2.27. The molecule has 2 nitrogen and oxygen atoms in total. The van der Waals surface area contributed by atoms with E-state index in [4.69, 9.17) is 4.74 Å². The average molecular weight is 194 g/mol. The maximum Gasteiger partial charge on any atom is 0.128 e. The van der Waals surface area contributed by atoms with Crippen molar-refractivity contribution >= 4 is 18.0 Å². The molecule has 0 fully saturated rings. The lowest BCUT2D eigenvalue weighted by atomic mass is 10.0. The van der Waals surface area contributed by atoms with E-state index in [0.29, 0.717) is 0 Å². The maximum absolute atomic E-state index is 10.8. The Bertz CT molecular complexity index is 336. The predicted octanol–water partition coefficient (Wildman–Crippen LogP) is 2.08. The molecule has 0 aliphatic carbocycles. The maximum atomic E-state index is 10.8. The Labute approximate surface area is 81.3 Å². The zero-order chi connectivity index (χ0) is 9.26. The molecule has 68 valence electrons. The van der Waals surface area contributed by atoms with Gasteiger partial charge in [-0.05, 0) is 12.1 Å². The summed E-state index contributed by atoms with van der Waals surface area (Å²) in [6.07, 6.45) is 1.00. The second-order valence-corrected chi connectivity index (χ2v) is 3.99. The number of carbonyl (C=O) groups excluding carboxylic acids is 1. The van der Waals surface area contributed by atoms with Crippen LogP contribution >= 0.6 is 11.8 Å². The van der Waals surface area contributed by atoms with Gasteiger partial charge in [0, 0.05) is 16.2 Å². The van der Waals surface area contributed by atoms with Gasteiger partial charge in [0.05, 0.1) is 13.0 Å². The smallest absolute Gasteiger partial charge is 0.128 e. The zero-order valence-corrected chi connectivity index (χ0v) is 8.14. The van der Waals surface area contributed by atoms with Crippen LogP contribution in [0.15, 0.2) is 23.1 Å². The van der Waals surface area contributed by atoms with Crippen molar-refractivity contribution in [2.75, 3.05) is 12.9 Å². The standard InChI is InChI=1S/C10H10O2S/c1-12-8-3-2-4-9-10(8)7(5-11)6-13-9/h2-5,7H,6H2,1H3. The quantitative estimate of drug-likeness (QED) is 0.674. The summed E-state index contributed by atoms with van der Waals surface area (Å²) in [5, 5.41) is 0. The first-order valence-corrected chi connectivity index (χ1v) is 5.10. The second-order valence-electron chi connectivity index (χ2n) is 2.93. The van der Waals surface area contributed by atoms with E-state index in [-0.39, 0.29) is 5.92 Å². The molecule has 0 amide bonds. The Hall–Kier alpha value is -0.960. The SMILES string of the molecule is COc1cccc2c1C(C=O)CS2. The highest BCUT2D eigenvalue weighted by molar-refractivity contribution is 7.99. The number of carbonyl (C=O) groups is 1. The number of hydrogen-bond donors (Lipinski definition) is 0. The second kappa shape index (κ2) is 3.42. The van der Waals surface area contributed by atoms with E-state index in [1.165, 1.54) is 4.90 Å². The minimum Gasteiger partial charge on any atom is -0.496 e. The van der Waals surface area contributed by atoms with Crippen LogP contribution in [0.4, 0.5) is 0 Å². The molecule has 0 spiro atoms. The Morgan fingerprint density at radius 2 is 2.46 bits per heavy atom. The molecule has 0 bridgehead atoms. The van der Waals surface area contributed by atoms with Gasteiger partial charge in [-0.2, -0.15) is 0 Å². The fourth-order valence-electron chi connectivity index (χ4n) is 1.56. The van der Waals surface area contributed by atoms with E-state index in [2.05, 4.69) is 0 Å². The first-order chi connectivity index (χ1) is 6.36. The van der Waals surface area contributed by atoms with Gasteiger partial charge in [-0.25, -0.2) is 0 Å². The third-order valence-electron chi connectivity index (χ3n) is 2.20. The van der Waals surface area contributed by atoms with Crippen molar-refractivity contribution in [2.45, 2.75) is 10.8 Å². The van der Waals surface area contributed by atoms with E-state index in [1.54, 1.807) is 18.9 Å². The van der Waals surface area contributed by atoms with E-state index < -0.39 is 0 Å². The monoisotopic (exact) mass is 194 g/mol. The summed E-state index contributed by atoms with van der Waals surface area (Å²) in [4.78, 5) is 11.9. The first kappa shape index (κ1) is 8.63. The van der Waals surface area contributed by atoms with E-state index in [9.17, 15) is 4.79 Å². The van der Waals surface area contributed by atoms with Gasteiger partial charge in [0.15, 0.2) is 0 Å². The van der Waals surface area contributed by atoms with Gasteiger partial charge in [-0.1, -0.05) is 6.07 Å². The number of hydrogen-bond acceptors (Lipinski definition) is 3. The third-order valence-corrected chi connectivity index (χ3v) is 3.39. The van der Waals surface area contributed by atoms with Crippen molar-refractivity contribution in [1.29, 1.82) is 0 Å². The van der Waals surface area contributed by atoms with Crippen molar-refractivity contribution in [3.05, 3.63) is 23.8 Å². The normalized spacial score (nSPS) is 19.6. The van der Waals surface area contributed by atoms with Gasteiger partial charge >= 0.3 is 0 Å². The Balaban J connectivity index is 2.52. The highest BCUT2D eigenvalue weighted by Crippen LogP contribution is 2.43. The molecule has 1 aromatic rings. The minimum atomic E-state index is 0.0103. The van der Waals surface area contributed by atoms with Gasteiger partial charge in [0.25, 0.3) is 0 Å². The van der Waals surface area contributed by atoms with Crippen molar-refractivity contribution in [3.8, 4) is 5.75 Å². The van der Waals surface area contributed by atoms with Crippen molar-refractivity contribution < 1.29 is 9.53 Å². The number of fused-ring (bicyclic) bond motifs is 1. The number of aldehydes is 1. The molecule has 0 N–H and O–H groups in total. The highest BCUT2D eigenvalue weighted by atomic mass is 32.2. The summed E-state index contributed by atoms with van der Waals surface area (Å²) in [5.74, 6) is 1.69. The van der Waals surface area contributed by atoms with Crippen LogP contribution in [0.2, 0.25) is 0 Å². The molecule has 0 aromatic heterocycles. The van der Waals surface area contributed by atoms with Crippen LogP contribution in [0.5, 0.6) is 5.75 Å². The highest BCUT2D eigenvalue weighted by Gasteiger charge is 2.25. The number of rotatable bonds is 2. The van der Waals surface area contributed by atoms with Crippen LogP contribution in [0.25, 0.3) is 0 Å². The molecule has 1 heterocycles. The minimum absolute atomic E-state index is 0.0103. The van der Waals surface area contributed by atoms with Crippen molar-refractivity contribution in [3.63, 3.8) is 0 Å². The molecule has 0 saturated heterocycles. The molecular formula is C10H10O2S. The first-order valence-electron chi connectivity index (χ1n) is 4.12. The summed E-state index contributed by atoms with van der Waals surface area (Å²) in [6, 6.07) is 5.89. The number of methoxy groups -OCH3 is 1. The molecule has 0 saturated carbocycles. The summed E-state index contributed by atoms with van der Waals surface area (Å²) in [6.45, 7) is 0. The molecule has 1 atom stereocenters. The summed E-state index contributed by atoms with van der Waals surface area (Å²) < 4.78 is 5.22. The van der Waals surface area contributed by atoms with Crippen LogP contribution in [0.1, 0.15) is 11.5 Å². The van der Waals surface area contributed by atoms with Gasteiger partial charge in [-0.15, -0.1) is 11.8 Å². The van der Waals surface area contributed by atoms with Crippen LogP contribution in [0.3, 0.4) is 0 Å². The Morgan fingerprint density at radius 3 is 3.15 bits per heavy atom. The van der Waals surface area contributed by atoms with Gasteiger partial charge < -0.3 is 9.53 Å². The molecule has 1 unspecified atom stereocenters. The predicted molar refractivity (Wildman–Crippen MR) is 52.5 cm³/mol. The van der Waals surface area contributed by atoms with Crippen LogP contribution < -0.4 is 4.74 Å². The lowest BCUT2D eigenvalue weighted by Crippen LogP contribution is -2.00. The Morgan fingerprint density at radius 1 is 1.62 bits per heavy atom. The fourth-order valence-corrected chi connectivity index (χ4v) is 2.75. The van der Waals surface area contributed by atoms with Gasteiger partial charge in [0.2, 0.25) is 0 Å². The van der Waals surface area contributed by atoms with Gasteiger partial charge in [-0.3, -0.25) is 0 Å².